The molecule has 7 heteroatoms. The summed E-state index contributed by atoms with van der Waals surface area (Å²) in [5, 5.41) is 6.94. The molecule has 0 aliphatic carbocycles. The first-order chi connectivity index (χ1) is 12.0. The minimum atomic E-state index is -0.437. The molecule has 0 aliphatic rings. The van der Waals surface area contributed by atoms with Crippen molar-refractivity contribution in [2.75, 3.05) is 19.0 Å². The van der Waals surface area contributed by atoms with Gasteiger partial charge in [0, 0.05) is 6.54 Å². The highest BCUT2D eigenvalue weighted by Gasteiger charge is 2.10. The molecule has 132 valence electrons. The number of rotatable bonds is 6. The predicted molar refractivity (Wildman–Crippen MR) is 103 cm³/mol. The Hall–Kier alpha value is -2.31. The second-order valence-electron chi connectivity index (χ2n) is 5.07. The van der Waals surface area contributed by atoms with Gasteiger partial charge < -0.3 is 20.1 Å². The predicted octanol–water partition coefficient (Wildman–Crippen LogP) is 4.01. The summed E-state index contributed by atoms with van der Waals surface area (Å²) in [5.41, 5.74) is 1.99. The smallest absolute Gasteiger partial charge is 0.337 e. The second kappa shape index (κ2) is 9.25. The van der Waals surface area contributed by atoms with Gasteiger partial charge in [0.1, 0.15) is 5.75 Å². The highest BCUT2D eigenvalue weighted by atomic mass is 35.5. The zero-order valence-corrected chi connectivity index (χ0v) is 15.5. The minimum Gasteiger partial charge on any atom is -0.494 e. The Labute approximate surface area is 157 Å². The fourth-order valence-corrected chi connectivity index (χ4v) is 2.43. The molecular formula is C18H19ClN2O3S. The first-order valence-electron chi connectivity index (χ1n) is 7.68. The number of halogens is 1. The number of thiocarbonyl (C=S) groups is 1. The molecule has 2 N–H and O–H groups in total. The van der Waals surface area contributed by atoms with Gasteiger partial charge in [-0.15, -0.1) is 0 Å². The molecule has 0 fully saturated rings. The standard InChI is InChI=1S/C18H19ClN2O3S/c1-3-24-14-7-4-12(5-8-14)11-20-18(25)21-16-10-13(17(22)23-2)6-9-15(16)19/h4-10H,3,11H2,1-2H3,(H2,20,21,25). The van der Waals surface area contributed by atoms with Crippen molar-refractivity contribution in [2.24, 2.45) is 0 Å². The van der Waals surface area contributed by atoms with Crippen LogP contribution in [-0.2, 0) is 11.3 Å². The van der Waals surface area contributed by atoms with Crippen molar-refractivity contribution in [3.63, 3.8) is 0 Å². The Morgan fingerprint density at radius 3 is 2.56 bits per heavy atom. The lowest BCUT2D eigenvalue weighted by Crippen LogP contribution is -2.28. The van der Waals surface area contributed by atoms with Gasteiger partial charge in [0.25, 0.3) is 0 Å². The van der Waals surface area contributed by atoms with Gasteiger partial charge in [-0.1, -0.05) is 23.7 Å². The third-order valence-corrected chi connectivity index (χ3v) is 3.90. The van der Waals surface area contributed by atoms with E-state index in [1.165, 1.54) is 7.11 Å². The van der Waals surface area contributed by atoms with Gasteiger partial charge in [-0.2, -0.15) is 0 Å². The molecule has 0 spiro atoms. The maximum Gasteiger partial charge on any atom is 0.337 e. The van der Waals surface area contributed by atoms with Gasteiger partial charge in [-0.25, -0.2) is 4.79 Å². The third-order valence-electron chi connectivity index (χ3n) is 3.32. The summed E-state index contributed by atoms with van der Waals surface area (Å²) in [5.74, 6) is 0.395. The molecule has 0 amide bonds. The van der Waals surface area contributed by atoms with E-state index in [-0.39, 0.29) is 0 Å². The molecule has 0 bridgehead atoms. The Kier molecular flexibility index (Phi) is 7.03. The average molecular weight is 379 g/mol. The van der Waals surface area contributed by atoms with Crippen molar-refractivity contribution in [3.05, 3.63) is 58.6 Å². The topological polar surface area (TPSA) is 59.6 Å². The molecule has 25 heavy (non-hydrogen) atoms. The van der Waals surface area contributed by atoms with Crippen LogP contribution in [0.2, 0.25) is 5.02 Å². The van der Waals surface area contributed by atoms with E-state index in [0.29, 0.717) is 34.5 Å². The van der Waals surface area contributed by atoms with Crippen molar-refractivity contribution in [1.29, 1.82) is 0 Å². The van der Waals surface area contributed by atoms with E-state index in [1.807, 2.05) is 31.2 Å². The monoisotopic (exact) mass is 378 g/mol. The molecule has 0 unspecified atom stereocenters. The number of ether oxygens (including phenoxy) is 2. The van der Waals surface area contributed by atoms with Crippen LogP contribution < -0.4 is 15.4 Å². The molecule has 2 rings (SSSR count). The van der Waals surface area contributed by atoms with Crippen molar-refractivity contribution in [3.8, 4) is 5.75 Å². The van der Waals surface area contributed by atoms with Crippen molar-refractivity contribution < 1.29 is 14.3 Å². The van der Waals surface area contributed by atoms with Gasteiger partial charge in [0.15, 0.2) is 5.11 Å². The summed E-state index contributed by atoms with van der Waals surface area (Å²) >= 11 is 11.4. The molecule has 0 heterocycles. The number of nitrogens with one attached hydrogen (secondary N) is 2. The summed E-state index contributed by atoms with van der Waals surface area (Å²) in [6.45, 7) is 3.13. The molecule has 0 aliphatic heterocycles. The Balaban J connectivity index is 1.94. The summed E-state index contributed by atoms with van der Waals surface area (Å²) < 4.78 is 10.1. The SMILES string of the molecule is CCOc1ccc(CNC(=S)Nc2cc(C(=O)OC)ccc2Cl)cc1. The number of hydrogen-bond acceptors (Lipinski definition) is 4. The largest absolute Gasteiger partial charge is 0.494 e. The van der Waals surface area contributed by atoms with Gasteiger partial charge in [0.2, 0.25) is 0 Å². The van der Waals surface area contributed by atoms with E-state index in [1.54, 1.807) is 18.2 Å². The van der Waals surface area contributed by atoms with Crippen LogP contribution in [0.1, 0.15) is 22.8 Å². The van der Waals surface area contributed by atoms with Gasteiger partial charge in [-0.3, -0.25) is 0 Å². The van der Waals surface area contributed by atoms with E-state index in [9.17, 15) is 4.79 Å². The average Bonchev–Trinajstić information content (AvgIpc) is 2.62. The normalized spacial score (nSPS) is 10.0. The van der Waals surface area contributed by atoms with Gasteiger partial charge in [-0.05, 0) is 55.0 Å². The number of anilines is 1. The molecule has 2 aromatic rings. The van der Waals surface area contributed by atoms with E-state index in [0.717, 1.165) is 11.3 Å². The summed E-state index contributed by atoms with van der Waals surface area (Å²) in [7, 11) is 1.33. The molecule has 0 saturated heterocycles. The van der Waals surface area contributed by atoms with Gasteiger partial charge >= 0.3 is 5.97 Å². The molecular weight excluding hydrogens is 360 g/mol. The maximum atomic E-state index is 11.6. The first-order valence-corrected chi connectivity index (χ1v) is 8.46. The van der Waals surface area contributed by atoms with Crippen molar-refractivity contribution >= 4 is 40.6 Å². The number of benzene rings is 2. The van der Waals surface area contributed by atoms with Crippen molar-refractivity contribution in [2.45, 2.75) is 13.5 Å². The van der Waals surface area contributed by atoms with Crippen LogP contribution in [-0.4, -0.2) is 24.8 Å². The molecule has 2 aromatic carbocycles. The van der Waals surface area contributed by atoms with Gasteiger partial charge in [0.05, 0.1) is 30.0 Å². The minimum absolute atomic E-state index is 0.392. The fraction of sp³-hybridized carbons (Fsp3) is 0.222. The van der Waals surface area contributed by atoms with Crippen LogP contribution in [0.15, 0.2) is 42.5 Å². The van der Waals surface area contributed by atoms with E-state index in [2.05, 4.69) is 10.6 Å². The molecule has 0 atom stereocenters. The maximum absolute atomic E-state index is 11.6. The van der Waals surface area contributed by atoms with E-state index in [4.69, 9.17) is 33.3 Å². The Morgan fingerprint density at radius 2 is 1.92 bits per heavy atom. The summed E-state index contributed by atoms with van der Waals surface area (Å²) in [4.78, 5) is 11.6. The van der Waals surface area contributed by atoms with E-state index < -0.39 is 5.97 Å². The fourth-order valence-electron chi connectivity index (χ4n) is 2.08. The third kappa shape index (κ3) is 5.62. The van der Waals surface area contributed by atoms with Crippen LogP contribution in [0.5, 0.6) is 5.75 Å². The molecule has 0 aromatic heterocycles. The first kappa shape index (κ1) is 19.0. The lowest BCUT2D eigenvalue weighted by atomic mass is 10.2. The highest BCUT2D eigenvalue weighted by molar-refractivity contribution is 7.80. The number of hydrogen-bond donors (Lipinski definition) is 2. The molecule has 5 nitrogen and oxygen atoms in total. The Bertz CT molecular complexity index is 750. The van der Waals surface area contributed by atoms with Crippen LogP contribution in [0, 0.1) is 0 Å². The number of carbonyl (C=O) groups excluding carboxylic acids is 1. The zero-order chi connectivity index (χ0) is 18.2. The second-order valence-corrected chi connectivity index (χ2v) is 5.89. The number of esters is 1. The van der Waals surface area contributed by atoms with Crippen LogP contribution in [0.25, 0.3) is 0 Å². The van der Waals surface area contributed by atoms with E-state index >= 15 is 0 Å². The summed E-state index contributed by atoms with van der Waals surface area (Å²) in [6.07, 6.45) is 0. The molecule has 0 radical (unpaired) electrons. The van der Waals surface area contributed by atoms with Crippen LogP contribution >= 0.6 is 23.8 Å². The lowest BCUT2D eigenvalue weighted by molar-refractivity contribution is 0.0601. The van der Waals surface area contributed by atoms with Crippen LogP contribution in [0.3, 0.4) is 0 Å². The number of methoxy groups -OCH3 is 1. The van der Waals surface area contributed by atoms with Crippen molar-refractivity contribution in [1.82, 2.24) is 5.32 Å². The zero-order valence-electron chi connectivity index (χ0n) is 14.0. The molecule has 0 saturated carbocycles. The summed E-state index contributed by atoms with van der Waals surface area (Å²) in [6, 6.07) is 12.6. The quantitative estimate of drug-likeness (QED) is 0.585. The Morgan fingerprint density at radius 1 is 1.20 bits per heavy atom. The number of carbonyl (C=O) groups is 1. The lowest BCUT2D eigenvalue weighted by Gasteiger charge is -2.13. The van der Waals surface area contributed by atoms with Crippen LogP contribution in [0.4, 0.5) is 5.69 Å². The highest BCUT2D eigenvalue weighted by Crippen LogP contribution is 2.23.